The van der Waals surface area contributed by atoms with Gasteiger partial charge in [-0.1, -0.05) is 0 Å². The number of aliphatic hydroxyl groups excluding tert-OH is 1. The molecule has 1 aliphatic rings. The molecule has 0 spiro atoms. The highest BCUT2D eigenvalue weighted by Gasteiger charge is 2.23. The molecule has 1 aromatic rings. The van der Waals surface area contributed by atoms with E-state index in [9.17, 15) is 14.6 Å². The van der Waals surface area contributed by atoms with Gasteiger partial charge in [-0.15, -0.1) is 0 Å². The van der Waals surface area contributed by atoms with Crippen molar-refractivity contribution >= 4 is 0 Å². The number of hydrogen-bond acceptors (Lipinski definition) is 4. The van der Waals surface area contributed by atoms with Crippen molar-refractivity contribution in [1.82, 2.24) is 0 Å². The summed E-state index contributed by atoms with van der Waals surface area (Å²) in [6.07, 6.45) is -0.493. The number of ether oxygens (including phenoxy) is 2. The standard InChI is InChI=1S/C11H13FO4/c1-6(13)4-7-5-8-11(9(12)10(7)14)16-3-2-15-8/h5-6,13-14H,2-4H2,1H3. The van der Waals surface area contributed by atoms with Crippen LogP contribution in [-0.4, -0.2) is 29.5 Å². The minimum atomic E-state index is -0.826. The van der Waals surface area contributed by atoms with E-state index in [0.717, 1.165) is 0 Å². The molecule has 16 heavy (non-hydrogen) atoms. The van der Waals surface area contributed by atoms with Crippen LogP contribution in [0.25, 0.3) is 0 Å². The molecular weight excluding hydrogens is 215 g/mol. The normalized spacial score (nSPS) is 15.9. The van der Waals surface area contributed by atoms with Crippen molar-refractivity contribution in [2.45, 2.75) is 19.4 Å². The Morgan fingerprint density at radius 1 is 1.44 bits per heavy atom. The van der Waals surface area contributed by atoms with Gasteiger partial charge in [0.1, 0.15) is 13.2 Å². The summed E-state index contributed by atoms with van der Waals surface area (Å²) < 4.78 is 24.0. The first-order valence-corrected chi connectivity index (χ1v) is 5.07. The number of fused-ring (bicyclic) bond motifs is 1. The number of phenolic OH excluding ortho intramolecular Hbond substituents is 1. The number of phenols is 1. The number of aliphatic hydroxyl groups is 1. The van der Waals surface area contributed by atoms with Crippen LogP contribution in [0.5, 0.6) is 17.2 Å². The Kier molecular flexibility index (Phi) is 2.87. The van der Waals surface area contributed by atoms with Crippen molar-refractivity contribution in [3.63, 3.8) is 0 Å². The van der Waals surface area contributed by atoms with Crippen LogP contribution >= 0.6 is 0 Å². The third-order valence-electron chi connectivity index (χ3n) is 2.34. The molecule has 2 rings (SSSR count). The first-order valence-electron chi connectivity index (χ1n) is 5.07. The zero-order chi connectivity index (χ0) is 11.7. The molecule has 1 heterocycles. The number of rotatable bonds is 2. The summed E-state index contributed by atoms with van der Waals surface area (Å²) >= 11 is 0. The van der Waals surface area contributed by atoms with Crippen LogP contribution in [0.15, 0.2) is 6.07 Å². The maximum atomic E-state index is 13.7. The summed E-state index contributed by atoms with van der Waals surface area (Å²) in [7, 11) is 0. The van der Waals surface area contributed by atoms with E-state index < -0.39 is 17.7 Å². The van der Waals surface area contributed by atoms with Gasteiger partial charge >= 0.3 is 0 Å². The van der Waals surface area contributed by atoms with Crippen LogP contribution < -0.4 is 9.47 Å². The maximum Gasteiger partial charge on any atom is 0.210 e. The van der Waals surface area contributed by atoms with Gasteiger partial charge in [-0.05, 0) is 13.0 Å². The summed E-state index contributed by atoms with van der Waals surface area (Å²) in [6, 6.07) is 1.50. The van der Waals surface area contributed by atoms with Crippen LogP contribution in [0.1, 0.15) is 12.5 Å². The fourth-order valence-corrected chi connectivity index (χ4v) is 1.66. The fraction of sp³-hybridized carbons (Fsp3) is 0.455. The third kappa shape index (κ3) is 1.90. The molecule has 0 radical (unpaired) electrons. The number of hydrogen-bond donors (Lipinski definition) is 2. The Labute approximate surface area is 92.2 Å². The van der Waals surface area contributed by atoms with Gasteiger partial charge in [0.15, 0.2) is 11.5 Å². The Hall–Kier alpha value is -1.49. The lowest BCUT2D eigenvalue weighted by atomic mass is 10.1. The maximum absolute atomic E-state index is 13.7. The summed E-state index contributed by atoms with van der Waals surface area (Å²) in [6.45, 7) is 2.18. The summed E-state index contributed by atoms with van der Waals surface area (Å²) in [5.74, 6) is -1.09. The Morgan fingerprint density at radius 2 is 2.12 bits per heavy atom. The van der Waals surface area contributed by atoms with Crippen molar-refractivity contribution < 1.29 is 24.1 Å². The van der Waals surface area contributed by atoms with Gasteiger partial charge in [-0.25, -0.2) is 0 Å². The molecule has 0 aromatic heterocycles. The van der Waals surface area contributed by atoms with Gasteiger partial charge in [0.25, 0.3) is 0 Å². The predicted molar refractivity (Wildman–Crippen MR) is 54.4 cm³/mol. The van der Waals surface area contributed by atoms with E-state index >= 15 is 0 Å². The van der Waals surface area contributed by atoms with Crippen molar-refractivity contribution in [2.75, 3.05) is 13.2 Å². The molecule has 4 nitrogen and oxygen atoms in total. The lowest BCUT2D eigenvalue weighted by Gasteiger charge is -2.20. The average molecular weight is 228 g/mol. The van der Waals surface area contributed by atoms with E-state index in [4.69, 9.17) is 9.47 Å². The summed E-state index contributed by atoms with van der Waals surface area (Å²) in [4.78, 5) is 0. The van der Waals surface area contributed by atoms with Gasteiger partial charge in [-0.2, -0.15) is 4.39 Å². The predicted octanol–water partition coefficient (Wildman–Crippen LogP) is 1.23. The van der Waals surface area contributed by atoms with Gasteiger partial charge in [0.05, 0.1) is 6.10 Å². The Morgan fingerprint density at radius 3 is 2.81 bits per heavy atom. The first-order chi connectivity index (χ1) is 7.59. The smallest absolute Gasteiger partial charge is 0.210 e. The molecule has 88 valence electrons. The SMILES string of the molecule is CC(O)Cc1cc2c(c(F)c1O)OCCO2. The minimum Gasteiger partial charge on any atom is -0.505 e. The molecule has 0 aliphatic carbocycles. The second kappa shape index (κ2) is 4.17. The molecule has 0 saturated carbocycles. The van der Waals surface area contributed by atoms with Crippen molar-refractivity contribution in [3.8, 4) is 17.2 Å². The van der Waals surface area contributed by atoms with Gasteiger partial charge in [0.2, 0.25) is 11.6 Å². The molecule has 0 saturated heterocycles. The molecule has 0 fully saturated rings. The zero-order valence-electron chi connectivity index (χ0n) is 8.86. The lowest BCUT2D eigenvalue weighted by Crippen LogP contribution is -2.17. The van der Waals surface area contributed by atoms with E-state index in [-0.39, 0.29) is 24.5 Å². The molecule has 5 heteroatoms. The van der Waals surface area contributed by atoms with Crippen molar-refractivity contribution in [3.05, 3.63) is 17.4 Å². The summed E-state index contributed by atoms with van der Waals surface area (Å²) in [5, 5.41) is 18.8. The third-order valence-corrected chi connectivity index (χ3v) is 2.34. The summed E-state index contributed by atoms with van der Waals surface area (Å²) in [5.41, 5.74) is 0.316. The van der Waals surface area contributed by atoms with E-state index in [0.29, 0.717) is 12.2 Å². The van der Waals surface area contributed by atoms with E-state index in [1.807, 2.05) is 0 Å². The topological polar surface area (TPSA) is 58.9 Å². The molecule has 2 N–H and O–H groups in total. The quantitative estimate of drug-likeness (QED) is 0.799. The number of halogens is 1. The molecular formula is C11H13FO4. The molecule has 1 unspecified atom stereocenters. The monoisotopic (exact) mass is 228 g/mol. The molecule has 1 aliphatic heterocycles. The first kappa shape index (κ1) is 11.0. The van der Waals surface area contributed by atoms with Gasteiger partial charge in [-0.3, -0.25) is 0 Å². The lowest BCUT2D eigenvalue weighted by molar-refractivity contribution is 0.161. The minimum absolute atomic E-state index is 0.0573. The van der Waals surface area contributed by atoms with E-state index in [1.165, 1.54) is 6.07 Å². The molecule has 1 atom stereocenters. The highest BCUT2D eigenvalue weighted by Crippen LogP contribution is 2.40. The largest absolute Gasteiger partial charge is 0.505 e. The second-order valence-electron chi connectivity index (χ2n) is 3.78. The Balaban J connectivity index is 2.44. The number of benzene rings is 1. The van der Waals surface area contributed by atoms with Crippen LogP contribution in [0.4, 0.5) is 4.39 Å². The van der Waals surface area contributed by atoms with E-state index in [1.54, 1.807) is 6.92 Å². The van der Waals surface area contributed by atoms with E-state index in [2.05, 4.69) is 0 Å². The zero-order valence-corrected chi connectivity index (χ0v) is 8.86. The van der Waals surface area contributed by atoms with Gasteiger partial charge < -0.3 is 19.7 Å². The molecule has 0 bridgehead atoms. The van der Waals surface area contributed by atoms with Crippen molar-refractivity contribution in [1.29, 1.82) is 0 Å². The number of aromatic hydroxyl groups is 1. The van der Waals surface area contributed by atoms with Crippen molar-refractivity contribution in [2.24, 2.45) is 0 Å². The van der Waals surface area contributed by atoms with Crippen LogP contribution in [0.3, 0.4) is 0 Å². The second-order valence-corrected chi connectivity index (χ2v) is 3.78. The highest BCUT2D eigenvalue weighted by molar-refractivity contribution is 5.52. The average Bonchev–Trinajstić information content (AvgIpc) is 2.25. The molecule has 0 amide bonds. The highest BCUT2D eigenvalue weighted by atomic mass is 19.1. The molecule has 1 aromatic carbocycles. The fourth-order valence-electron chi connectivity index (χ4n) is 1.66. The van der Waals surface area contributed by atoms with Gasteiger partial charge in [0, 0.05) is 12.0 Å². The Bertz CT molecular complexity index is 403. The van der Waals surface area contributed by atoms with Crippen LogP contribution in [0, 0.1) is 5.82 Å². The van der Waals surface area contributed by atoms with Crippen LogP contribution in [0.2, 0.25) is 0 Å². The van der Waals surface area contributed by atoms with Crippen LogP contribution in [-0.2, 0) is 6.42 Å².